The Morgan fingerprint density at radius 1 is 1.10 bits per heavy atom. The fourth-order valence-electron chi connectivity index (χ4n) is 1.87. The average molecular weight is 309 g/mol. The monoisotopic (exact) mass is 309 g/mol. The fourth-order valence-corrected chi connectivity index (χ4v) is 2.71. The van der Waals surface area contributed by atoms with Crippen LogP contribution in [0.5, 0.6) is 0 Å². The van der Waals surface area contributed by atoms with Gasteiger partial charge in [-0.2, -0.15) is 0 Å². The molecule has 2 rings (SSSR count). The van der Waals surface area contributed by atoms with E-state index < -0.39 is 10.0 Å². The Hall–Kier alpha value is -2.12. The van der Waals surface area contributed by atoms with Gasteiger partial charge in [-0.1, -0.05) is 0 Å². The first kappa shape index (κ1) is 15.3. The first-order valence-corrected chi connectivity index (χ1v) is 7.68. The van der Waals surface area contributed by atoms with Crippen LogP contribution in [0.25, 0.3) is 0 Å². The molecule has 4 N–H and O–H groups in total. The second-order valence-electron chi connectivity index (χ2n) is 4.55. The zero-order chi connectivity index (χ0) is 15.6. The zero-order valence-corrected chi connectivity index (χ0v) is 12.5. The fraction of sp³-hybridized carbons (Fsp3) is 0.143. The summed E-state index contributed by atoms with van der Waals surface area (Å²) in [6.45, 7) is 1.66. The van der Waals surface area contributed by atoms with E-state index in [9.17, 15) is 12.8 Å². The molecule has 0 atom stereocenters. The number of anilines is 3. The summed E-state index contributed by atoms with van der Waals surface area (Å²) in [4.78, 5) is 0.0193. The van der Waals surface area contributed by atoms with Gasteiger partial charge in [0.2, 0.25) is 10.0 Å². The van der Waals surface area contributed by atoms with Gasteiger partial charge in [-0.3, -0.25) is 0 Å². The standard InChI is InChI=1S/C14H16FN3O2S/c1-9-7-10(3-5-12(9)15)18-11-4-6-14(13(16)8-11)21(19,20)17-2/h3-8,17-18H,16H2,1-2H3. The van der Waals surface area contributed by atoms with Crippen molar-refractivity contribution in [1.82, 2.24) is 4.72 Å². The topological polar surface area (TPSA) is 84.2 Å². The quantitative estimate of drug-likeness (QED) is 0.757. The predicted octanol–water partition coefficient (Wildman–Crippen LogP) is 2.37. The minimum absolute atomic E-state index is 0.0193. The van der Waals surface area contributed by atoms with Gasteiger partial charge in [-0.25, -0.2) is 17.5 Å². The van der Waals surface area contributed by atoms with Crippen molar-refractivity contribution in [2.24, 2.45) is 0 Å². The number of rotatable bonds is 4. The molecule has 0 saturated carbocycles. The summed E-state index contributed by atoms with van der Waals surface area (Å²) in [5, 5.41) is 3.05. The minimum atomic E-state index is -3.58. The Balaban J connectivity index is 2.30. The number of nitrogens with two attached hydrogens (primary N) is 1. The maximum atomic E-state index is 13.2. The SMILES string of the molecule is CNS(=O)(=O)c1ccc(Nc2ccc(F)c(C)c2)cc1N. The van der Waals surface area contributed by atoms with E-state index in [2.05, 4.69) is 10.0 Å². The van der Waals surface area contributed by atoms with E-state index in [1.807, 2.05) is 0 Å². The Morgan fingerprint density at radius 2 is 1.71 bits per heavy atom. The van der Waals surface area contributed by atoms with Crippen molar-refractivity contribution in [1.29, 1.82) is 0 Å². The van der Waals surface area contributed by atoms with E-state index in [0.29, 0.717) is 16.9 Å². The van der Waals surface area contributed by atoms with Gasteiger partial charge in [0.05, 0.1) is 5.69 Å². The maximum absolute atomic E-state index is 13.2. The van der Waals surface area contributed by atoms with Crippen molar-refractivity contribution in [3.8, 4) is 0 Å². The molecule has 0 spiro atoms. The molecule has 5 nitrogen and oxygen atoms in total. The molecule has 21 heavy (non-hydrogen) atoms. The second-order valence-corrected chi connectivity index (χ2v) is 6.40. The summed E-state index contributed by atoms with van der Waals surface area (Å²) in [5.41, 5.74) is 7.73. The van der Waals surface area contributed by atoms with Gasteiger partial charge in [0.1, 0.15) is 10.7 Å². The molecule has 112 valence electrons. The van der Waals surface area contributed by atoms with Crippen LogP contribution in [0.4, 0.5) is 21.5 Å². The van der Waals surface area contributed by atoms with E-state index in [1.54, 1.807) is 25.1 Å². The van der Waals surface area contributed by atoms with Crippen LogP contribution in [0.2, 0.25) is 0 Å². The lowest BCUT2D eigenvalue weighted by Gasteiger charge is -2.11. The van der Waals surface area contributed by atoms with Crippen LogP contribution >= 0.6 is 0 Å². The lowest BCUT2D eigenvalue weighted by atomic mass is 10.2. The highest BCUT2D eigenvalue weighted by molar-refractivity contribution is 7.89. The maximum Gasteiger partial charge on any atom is 0.242 e. The molecule has 7 heteroatoms. The van der Waals surface area contributed by atoms with Crippen LogP contribution < -0.4 is 15.8 Å². The number of nitrogens with one attached hydrogen (secondary N) is 2. The third-order valence-electron chi connectivity index (χ3n) is 3.01. The molecule has 0 saturated heterocycles. The zero-order valence-electron chi connectivity index (χ0n) is 11.6. The average Bonchev–Trinajstić information content (AvgIpc) is 2.43. The van der Waals surface area contributed by atoms with Crippen LogP contribution in [0, 0.1) is 12.7 Å². The van der Waals surface area contributed by atoms with E-state index in [-0.39, 0.29) is 16.4 Å². The summed E-state index contributed by atoms with van der Waals surface area (Å²) >= 11 is 0. The molecule has 0 radical (unpaired) electrons. The summed E-state index contributed by atoms with van der Waals surface area (Å²) in [6, 6.07) is 9.14. The number of aryl methyl sites for hydroxylation is 1. The molecular formula is C14H16FN3O2S. The largest absolute Gasteiger partial charge is 0.398 e. The van der Waals surface area contributed by atoms with Gasteiger partial charge < -0.3 is 11.1 Å². The van der Waals surface area contributed by atoms with Gasteiger partial charge in [0, 0.05) is 11.4 Å². The van der Waals surface area contributed by atoms with Crippen LogP contribution in [0.3, 0.4) is 0 Å². The van der Waals surface area contributed by atoms with Crippen molar-refractivity contribution in [2.45, 2.75) is 11.8 Å². The predicted molar refractivity (Wildman–Crippen MR) is 81.5 cm³/mol. The Kier molecular flexibility index (Phi) is 4.15. The Labute approximate surface area is 123 Å². The minimum Gasteiger partial charge on any atom is -0.398 e. The van der Waals surface area contributed by atoms with E-state index in [4.69, 9.17) is 5.73 Å². The third-order valence-corrected chi connectivity index (χ3v) is 4.50. The molecule has 0 fully saturated rings. The Morgan fingerprint density at radius 3 is 2.29 bits per heavy atom. The molecule has 0 amide bonds. The summed E-state index contributed by atoms with van der Waals surface area (Å²) < 4.78 is 38.9. The van der Waals surface area contributed by atoms with Gasteiger partial charge in [-0.05, 0) is 55.9 Å². The van der Waals surface area contributed by atoms with Crippen molar-refractivity contribution >= 4 is 27.1 Å². The number of nitrogen functional groups attached to an aromatic ring is 1. The lowest BCUT2D eigenvalue weighted by Crippen LogP contribution is -2.19. The van der Waals surface area contributed by atoms with Crippen molar-refractivity contribution in [3.63, 3.8) is 0 Å². The second kappa shape index (κ2) is 5.71. The third kappa shape index (κ3) is 3.32. The lowest BCUT2D eigenvalue weighted by molar-refractivity contribution is 0.588. The molecule has 0 aliphatic carbocycles. The first-order valence-electron chi connectivity index (χ1n) is 6.20. The summed E-state index contributed by atoms with van der Waals surface area (Å²) in [5.74, 6) is -0.282. The highest BCUT2D eigenvalue weighted by Crippen LogP contribution is 2.25. The van der Waals surface area contributed by atoms with Crippen molar-refractivity contribution in [2.75, 3.05) is 18.1 Å². The number of hydrogen-bond donors (Lipinski definition) is 3. The van der Waals surface area contributed by atoms with Crippen LogP contribution in [-0.4, -0.2) is 15.5 Å². The van der Waals surface area contributed by atoms with Crippen molar-refractivity contribution in [3.05, 3.63) is 47.8 Å². The smallest absolute Gasteiger partial charge is 0.242 e. The van der Waals surface area contributed by atoms with E-state index in [1.165, 1.54) is 25.2 Å². The molecule has 0 aliphatic heterocycles. The molecule has 0 heterocycles. The molecule has 2 aromatic carbocycles. The Bertz CT molecular complexity index is 776. The molecular weight excluding hydrogens is 293 g/mol. The molecule has 0 aliphatic rings. The van der Waals surface area contributed by atoms with Crippen LogP contribution in [0.15, 0.2) is 41.3 Å². The normalized spacial score (nSPS) is 11.4. The van der Waals surface area contributed by atoms with Crippen LogP contribution in [-0.2, 0) is 10.0 Å². The molecule has 0 bridgehead atoms. The highest BCUT2D eigenvalue weighted by atomic mass is 32.2. The van der Waals surface area contributed by atoms with E-state index >= 15 is 0 Å². The summed E-state index contributed by atoms with van der Waals surface area (Å²) in [7, 11) is -2.26. The number of benzene rings is 2. The van der Waals surface area contributed by atoms with Gasteiger partial charge in [-0.15, -0.1) is 0 Å². The number of sulfonamides is 1. The highest BCUT2D eigenvalue weighted by Gasteiger charge is 2.15. The van der Waals surface area contributed by atoms with Crippen molar-refractivity contribution < 1.29 is 12.8 Å². The molecule has 0 unspecified atom stereocenters. The first-order chi connectivity index (χ1) is 9.83. The van der Waals surface area contributed by atoms with Gasteiger partial charge in [0.25, 0.3) is 0 Å². The number of hydrogen-bond acceptors (Lipinski definition) is 4. The number of halogens is 1. The van der Waals surface area contributed by atoms with Crippen LogP contribution in [0.1, 0.15) is 5.56 Å². The molecule has 2 aromatic rings. The van der Waals surface area contributed by atoms with E-state index in [0.717, 1.165) is 0 Å². The van der Waals surface area contributed by atoms with Gasteiger partial charge in [0.15, 0.2) is 0 Å². The molecule has 0 aromatic heterocycles. The van der Waals surface area contributed by atoms with Gasteiger partial charge >= 0.3 is 0 Å². The summed E-state index contributed by atoms with van der Waals surface area (Å²) in [6.07, 6.45) is 0.